The van der Waals surface area contributed by atoms with Crippen molar-refractivity contribution in [1.82, 2.24) is 0 Å². The average Bonchev–Trinajstić information content (AvgIpc) is 2.87. The van der Waals surface area contributed by atoms with Crippen molar-refractivity contribution in [3.63, 3.8) is 0 Å². The molecule has 0 atom stereocenters. The molecule has 2 nitrogen and oxygen atoms in total. The van der Waals surface area contributed by atoms with Gasteiger partial charge in [0.05, 0.1) is 12.0 Å². The monoisotopic (exact) mass is 188 g/mol. The van der Waals surface area contributed by atoms with E-state index in [1.165, 1.54) is 5.56 Å². The number of hydrogen-bond acceptors (Lipinski definition) is 2. The van der Waals surface area contributed by atoms with Gasteiger partial charge in [-0.2, -0.15) is 0 Å². The molecule has 1 aliphatic heterocycles. The van der Waals surface area contributed by atoms with Crippen LogP contribution in [0.3, 0.4) is 0 Å². The second-order valence-electron chi connectivity index (χ2n) is 4.17. The topological polar surface area (TPSA) is 26.3 Å². The van der Waals surface area contributed by atoms with Crippen LogP contribution >= 0.6 is 0 Å². The molecule has 1 aromatic carbocycles. The SMILES string of the molecule is O=CC1(c2cccc3c2OCC3)CC1. The van der Waals surface area contributed by atoms with Crippen molar-refractivity contribution < 1.29 is 9.53 Å². The predicted octanol–water partition coefficient (Wildman–Crippen LogP) is 1.85. The lowest BCUT2D eigenvalue weighted by molar-refractivity contribution is -0.109. The Hall–Kier alpha value is -1.31. The maximum absolute atomic E-state index is 11.0. The van der Waals surface area contributed by atoms with Crippen molar-refractivity contribution in [3.8, 4) is 5.75 Å². The first-order valence-corrected chi connectivity index (χ1v) is 5.07. The molecule has 0 bridgehead atoms. The minimum absolute atomic E-state index is 0.199. The summed E-state index contributed by atoms with van der Waals surface area (Å²) in [4.78, 5) is 11.0. The fourth-order valence-electron chi connectivity index (χ4n) is 2.19. The van der Waals surface area contributed by atoms with E-state index in [2.05, 4.69) is 6.07 Å². The highest BCUT2D eigenvalue weighted by Crippen LogP contribution is 2.51. The lowest BCUT2D eigenvalue weighted by Gasteiger charge is -2.12. The van der Waals surface area contributed by atoms with Crippen LogP contribution in [0.2, 0.25) is 0 Å². The summed E-state index contributed by atoms with van der Waals surface area (Å²) in [6, 6.07) is 6.16. The van der Waals surface area contributed by atoms with Gasteiger partial charge >= 0.3 is 0 Å². The van der Waals surface area contributed by atoms with E-state index in [-0.39, 0.29) is 5.41 Å². The van der Waals surface area contributed by atoms with E-state index >= 15 is 0 Å². The second kappa shape index (κ2) is 2.59. The van der Waals surface area contributed by atoms with Crippen LogP contribution in [0.1, 0.15) is 24.0 Å². The molecule has 0 saturated heterocycles. The van der Waals surface area contributed by atoms with Crippen molar-refractivity contribution in [1.29, 1.82) is 0 Å². The van der Waals surface area contributed by atoms with Gasteiger partial charge in [-0.3, -0.25) is 0 Å². The molecule has 1 fully saturated rings. The molecule has 0 spiro atoms. The lowest BCUT2D eigenvalue weighted by atomic mass is 9.94. The van der Waals surface area contributed by atoms with Crippen LogP contribution in [0.15, 0.2) is 18.2 Å². The summed E-state index contributed by atoms with van der Waals surface area (Å²) in [6.45, 7) is 0.765. The van der Waals surface area contributed by atoms with Crippen molar-refractivity contribution >= 4 is 6.29 Å². The van der Waals surface area contributed by atoms with Gasteiger partial charge in [0.15, 0.2) is 0 Å². The molecule has 0 unspecified atom stereocenters. The Morgan fingerprint density at radius 2 is 2.21 bits per heavy atom. The average molecular weight is 188 g/mol. The van der Waals surface area contributed by atoms with Gasteiger partial charge in [0.1, 0.15) is 12.0 Å². The zero-order valence-corrected chi connectivity index (χ0v) is 7.95. The Balaban J connectivity index is 2.15. The van der Waals surface area contributed by atoms with Gasteiger partial charge < -0.3 is 9.53 Å². The maximum Gasteiger partial charge on any atom is 0.130 e. The number of ether oxygens (including phenoxy) is 1. The molecule has 0 radical (unpaired) electrons. The molecule has 72 valence electrons. The Labute approximate surface area is 82.9 Å². The molecule has 0 N–H and O–H groups in total. The Kier molecular flexibility index (Phi) is 1.49. The Morgan fingerprint density at radius 1 is 1.36 bits per heavy atom. The first kappa shape index (κ1) is 8.04. The largest absolute Gasteiger partial charge is 0.493 e. The number of aldehydes is 1. The highest BCUT2D eigenvalue weighted by Gasteiger charge is 2.46. The van der Waals surface area contributed by atoms with Crippen molar-refractivity contribution in [2.75, 3.05) is 6.61 Å². The van der Waals surface area contributed by atoms with Gasteiger partial charge in [0, 0.05) is 12.0 Å². The minimum Gasteiger partial charge on any atom is -0.493 e. The third kappa shape index (κ3) is 0.939. The molecule has 2 heteroatoms. The third-order valence-corrected chi connectivity index (χ3v) is 3.27. The Bertz CT molecular complexity index is 391. The summed E-state index contributed by atoms with van der Waals surface area (Å²) < 4.78 is 5.60. The smallest absolute Gasteiger partial charge is 0.130 e. The van der Waals surface area contributed by atoms with Crippen LogP contribution in [0.25, 0.3) is 0 Å². The van der Waals surface area contributed by atoms with E-state index < -0.39 is 0 Å². The van der Waals surface area contributed by atoms with Gasteiger partial charge in [-0.1, -0.05) is 18.2 Å². The van der Waals surface area contributed by atoms with E-state index in [4.69, 9.17) is 4.74 Å². The van der Waals surface area contributed by atoms with Crippen molar-refractivity contribution in [2.24, 2.45) is 0 Å². The van der Waals surface area contributed by atoms with Crippen LogP contribution in [0.5, 0.6) is 5.75 Å². The molecule has 0 amide bonds. The Morgan fingerprint density at radius 3 is 2.93 bits per heavy atom. The number of para-hydroxylation sites is 1. The van der Waals surface area contributed by atoms with Crippen molar-refractivity contribution in [2.45, 2.75) is 24.7 Å². The summed E-state index contributed by atoms with van der Waals surface area (Å²) in [7, 11) is 0. The number of carbonyl (C=O) groups excluding carboxylic acids is 1. The van der Waals surface area contributed by atoms with Crippen molar-refractivity contribution in [3.05, 3.63) is 29.3 Å². The van der Waals surface area contributed by atoms with E-state index in [9.17, 15) is 4.79 Å². The molecule has 3 rings (SSSR count). The molecule has 1 aromatic rings. The van der Waals surface area contributed by atoms with Gasteiger partial charge in [0.25, 0.3) is 0 Å². The second-order valence-corrected chi connectivity index (χ2v) is 4.17. The van der Waals surface area contributed by atoms with Crippen LogP contribution in [0, 0.1) is 0 Å². The van der Waals surface area contributed by atoms with Crippen LogP contribution in [-0.2, 0) is 16.6 Å². The molecule has 1 heterocycles. The van der Waals surface area contributed by atoms with E-state index in [1.807, 2.05) is 12.1 Å². The number of fused-ring (bicyclic) bond motifs is 1. The van der Waals surface area contributed by atoms with Crippen LogP contribution in [0.4, 0.5) is 0 Å². The third-order valence-electron chi connectivity index (χ3n) is 3.27. The van der Waals surface area contributed by atoms with E-state index in [0.29, 0.717) is 0 Å². The molecule has 14 heavy (non-hydrogen) atoms. The lowest BCUT2D eigenvalue weighted by Crippen LogP contribution is -2.09. The quantitative estimate of drug-likeness (QED) is 0.662. The standard InChI is InChI=1S/C12H12O2/c13-8-12(5-6-12)10-3-1-2-9-4-7-14-11(9)10/h1-3,8H,4-7H2. The summed E-state index contributed by atoms with van der Waals surface area (Å²) in [5.41, 5.74) is 2.17. The minimum atomic E-state index is -0.199. The van der Waals surface area contributed by atoms with E-state index in [1.54, 1.807) is 0 Å². The number of benzene rings is 1. The molecular weight excluding hydrogens is 176 g/mol. The summed E-state index contributed by atoms with van der Waals surface area (Å²) in [5.74, 6) is 0.983. The van der Waals surface area contributed by atoms with Gasteiger partial charge in [-0.05, 0) is 18.4 Å². The first-order valence-electron chi connectivity index (χ1n) is 5.07. The molecule has 2 aliphatic rings. The number of hydrogen-bond donors (Lipinski definition) is 0. The van der Waals surface area contributed by atoms with Gasteiger partial charge in [-0.25, -0.2) is 0 Å². The fraction of sp³-hybridized carbons (Fsp3) is 0.417. The summed E-state index contributed by atoms with van der Waals surface area (Å²) >= 11 is 0. The number of carbonyl (C=O) groups is 1. The first-order chi connectivity index (χ1) is 6.86. The molecular formula is C12H12O2. The summed E-state index contributed by atoms with van der Waals surface area (Å²) in [5, 5.41) is 0. The zero-order chi connectivity index (χ0) is 9.60. The zero-order valence-electron chi connectivity index (χ0n) is 7.95. The highest BCUT2D eigenvalue weighted by atomic mass is 16.5. The molecule has 1 saturated carbocycles. The van der Waals surface area contributed by atoms with Gasteiger partial charge in [-0.15, -0.1) is 0 Å². The predicted molar refractivity (Wildman–Crippen MR) is 52.6 cm³/mol. The molecule has 1 aliphatic carbocycles. The van der Waals surface area contributed by atoms with Crippen LogP contribution in [-0.4, -0.2) is 12.9 Å². The van der Waals surface area contributed by atoms with Gasteiger partial charge in [0.2, 0.25) is 0 Å². The van der Waals surface area contributed by atoms with E-state index in [0.717, 1.165) is 43.5 Å². The fourth-order valence-corrected chi connectivity index (χ4v) is 2.19. The molecule has 0 aromatic heterocycles. The van der Waals surface area contributed by atoms with Crippen LogP contribution < -0.4 is 4.74 Å². The normalized spacial score (nSPS) is 21.1. The highest BCUT2D eigenvalue weighted by molar-refractivity contribution is 5.75. The number of rotatable bonds is 2. The maximum atomic E-state index is 11.0. The summed E-state index contributed by atoms with van der Waals surface area (Å²) in [6.07, 6.45) is 4.04.